The second-order valence-corrected chi connectivity index (χ2v) is 6.09. The van der Waals surface area contributed by atoms with E-state index in [0.29, 0.717) is 24.6 Å². The van der Waals surface area contributed by atoms with Crippen molar-refractivity contribution in [2.45, 2.75) is 12.8 Å². The van der Waals surface area contributed by atoms with Crippen molar-refractivity contribution >= 4 is 17.5 Å². The molecule has 0 aliphatic carbocycles. The Morgan fingerprint density at radius 3 is 2.65 bits per heavy atom. The largest absolute Gasteiger partial charge is 0.337 e. The summed E-state index contributed by atoms with van der Waals surface area (Å²) in [7, 11) is 3.72. The number of amides is 2. The van der Waals surface area contributed by atoms with E-state index >= 15 is 0 Å². The zero-order valence-electron chi connectivity index (χ0n) is 13.6. The molecule has 2 rings (SSSR count). The minimum Gasteiger partial charge on any atom is -0.337 e. The Kier molecular flexibility index (Phi) is 5.72. The fourth-order valence-electron chi connectivity index (χ4n) is 2.80. The number of nitrogens with one attached hydrogen (secondary N) is 1. The molecule has 0 aromatic heterocycles. The van der Waals surface area contributed by atoms with Crippen molar-refractivity contribution in [3.63, 3.8) is 0 Å². The number of rotatable bonds is 4. The third kappa shape index (κ3) is 4.80. The van der Waals surface area contributed by atoms with Crippen molar-refractivity contribution in [1.29, 1.82) is 5.26 Å². The molecular formula is C17H22N4O2. The van der Waals surface area contributed by atoms with Gasteiger partial charge in [-0.15, -0.1) is 0 Å². The topological polar surface area (TPSA) is 76.4 Å². The minimum absolute atomic E-state index is 0.325. The summed E-state index contributed by atoms with van der Waals surface area (Å²) in [6.07, 6.45) is 1.38. The zero-order valence-corrected chi connectivity index (χ0v) is 13.6. The molecule has 23 heavy (non-hydrogen) atoms. The van der Waals surface area contributed by atoms with Gasteiger partial charge in [-0.25, -0.2) is 0 Å². The Hall–Kier alpha value is -2.39. The van der Waals surface area contributed by atoms with E-state index in [0.717, 1.165) is 25.1 Å². The number of carbonyl (C=O) groups is 2. The Morgan fingerprint density at radius 1 is 1.39 bits per heavy atom. The van der Waals surface area contributed by atoms with Crippen LogP contribution in [0.25, 0.3) is 0 Å². The summed E-state index contributed by atoms with van der Waals surface area (Å²) in [5.74, 6) is -0.737. The summed E-state index contributed by atoms with van der Waals surface area (Å²) in [4.78, 5) is 27.9. The molecule has 0 saturated carbocycles. The second-order valence-electron chi connectivity index (χ2n) is 6.09. The van der Waals surface area contributed by atoms with Crippen LogP contribution in [0.5, 0.6) is 0 Å². The monoisotopic (exact) mass is 314 g/mol. The molecule has 6 heteroatoms. The average molecular weight is 314 g/mol. The number of likely N-dealkylation sites (N-methyl/N-ethyl adjacent to an activating group) is 1. The highest BCUT2D eigenvalue weighted by Crippen LogP contribution is 2.15. The fraction of sp³-hybridized carbons (Fsp3) is 0.471. The molecule has 1 aliphatic rings. The normalized spacial score (nSPS) is 17.5. The maximum Gasteiger partial charge on any atom is 0.313 e. The van der Waals surface area contributed by atoms with Crippen LogP contribution in [0.15, 0.2) is 24.3 Å². The van der Waals surface area contributed by atoms with Crippen LogP contribution < -0.4 is 5.32 Å². The number of carbonyl (C=O) groups excluding carboxylic acids is 2. The van der Waals surface area contributed by atoms with Crippen LogP contribution in [0, 0.1) is 17.2 Å². The van der Waals surface area contributed by atoms with E-state index in [2.05, 4.69) is 23.3 Å². The van der Waals surface area contributed by atoms with Crippen molar-refractivity contribution in [3.8, 4) is 6.07 Å². The standard InChI is InChI=1S/C17H22N4O2/c1-20-10-8-14(11-20)12-21(2)17(23)16(22)19-15-5-3-13(4-6-15)7-9-18/h3-6,14H,7-8,10-12H2,1-2H3,(H,19,22)/t14-/m1/s1. The first kappa shape index (κ1) is 17.0. The molecule has 1 atom stereocenters. The van der Waals surface area contributed by atoms with E-state index in [1.54, 1.807) is 31.3 Å². The molecular weight excluding hydrogens is 292 g/mol. The molecule has 6 nitrogen and oxygen atoms in total. The van der Waals surface area contributed by atoms with Crippen molar-refractivity contribution in [1.82, 2.24) is 9.80 Å². The van der Waals surface area contributed by atoms with Crippen molar-refractivity contribution < 1.29 is 9.59 Å². The summed E-state index contributed by atoms with van der Waals surface area (Å²) >= 11 is 0. The van der Waals surface area contributed by atoms with Gasteiger partial charge in [0.1, 0.15) is 0 Å². The molecule has 1 fully saturated rings. The van der Waals surface area contributed by atoms with Gasteiger partial charge in [0.15, 0.2) is 0 Å². The molecule has 2 amide bonds. The summed E-state index contributed by atoms with van der Waals surface area (Å²) in [6, 6.07) is 8.99. The van der Waals surface area contributed by atoms with Gasteiger partial charge in [-0.1, -0.05) is 12.1 Å². The Balaban J connectivity index is 1.86. The van der Waals surface area contributed by atoms with E-state index < -0.39 is 11.8 Å². The highest BCUT2D eigenvalue weighted by atomic mass is 16.2. The quantitative estimate of drug-likeness (QED) is 0.844. The zero-order chi connectivity index (χ0) is 16.8. The lowest BCUT2D eigenvalue weighted by molar-refractivity contribution is -0.142. The number of anilines is 1. The van der Waals surface area contributed by atoms with E-state index in [4.69, 9.17) is 5.26 Å². The fourth-order valence-corrected chi connectivity index (χ4v) is 2.80. The van der Waals surface area contributed by atoms with Gasteiger partial charge in [0.25, 0.3) is 0 Å². The van der Waals surface area contributed by atoms with Gasteiger partial charge in [0.05, 0.1) is 12.5 Å². The number of hydrogen-bond donors (Lipinski definition) is 1. The summed E-state index contributed by atoms with van der Waals surface area (Å²) in [6.45, 7) is 2.59. The summed E-state index contributed by atoms with van der Waals surface area (Å²) in [5.41, 5.74) is 1.43. The first-order valence-corrected chi connectivity index (χ1v) is 7.70. The van der Waals surface area contributed by atoms with E-state index in [9.17, 15) is 9.59 Å². The SMILES string of the molecule is CN1CC[C@@H](CN(C)C(=O)C(=O)Nc2ccc(CC#N)cc2)C1. The first-order valence-electron chi connectivity index (χ1n) is 7.70. The Morgan fingerprint density at radius 2 is 2.09 bits per heavy atom. The van der Waals surface area contributed by atoms with Crippen molar-refractivity contribution in [3.05, 3.63) is 29.8 Å². The number of benzene rings is 1. The molecule has 1 N–H and O–H groups in total. The van der Waals surface area contributed by atoms with Gasteiger partial charge < -0.3 is 15.1 Å². The van der Waals surface area contributed by atoms with Crippen LogP contribution in [0.3, 0.4) is 0 Å². The molecule has 0 spiro atoms. The highest BCUT2D eigenvalue weighted by molar-refractivity contribution is 6.39. The van der Waals surface area contributed by atoms with E-state index in [1.165, 1.54) is 4.90 Å². The second kappa shape index (κ2) is 7.75. The van der Waals surface area contributed by atoms with Crippen LogP contribution in [0.4, 0.5) is 5.69 Å². The van der Waals surface area contributed by atoms with Crippen LogP contribution in [-0.2, 0) is 16.0 Å². The lowest BCUT2D eigenvalue weighted by Gasteiger charge is -2.20. The predicted molar refractivity (Wildman–Crippen MR) is 87.6 cm³/mol. The van der Waals surface area contributed by atoms with Gasteiger partial charge >= 0.3 is 11.8 Å². The average Bonchev–Trinajstić information content (AvgIpc) is 2.93. The number of nitriles is 1. The van der Waals surface area contributed by atoms with Gasteiger partial charge in [-0.05, 0) is 43.6 Å². The third-order valence-electron chi connectivity index (χ3n) is 4.06. The third-order valence-corrected chi connectivity index (χ3v) is 4.06. The molecule has 0 unspecified atom stereocenters. The van der Waals surface area contributed by atoms with E-state index in [1.807, 2.05) is 0 Å². The molecule has 1 aliphatic heterocycles. The molecule has 0 radical (unpaired) electrons. The molecule has 1 heterocycles. The summed E-state index contributed by atoms with van der Waals surface area (Å²) in [5, 5.41) is 11.2. The van der Waals surface area contributed by atoms with Crippen LogP contribution >= 0.6 is 0 Å². The van der Waals surface area contributed by atoms with Crippen LogP contribution in [-0.4, -0.2) is 55.3 Å². The van der Waals surface area contributed by atoms with Gasteiger partial charge in [-0.2, -0.15) is 5.26 Å². The Labute approximate surface area is 136 Å². The highest BCUT2D eigenvalue weighted by Gasteiger charge is 2.25. The lowest BCUT2D eigenvalue weighted by atomic mass is 10.1. The first-order chi connectivity index (χ1) is 11.0. The van der Waals surface area contributed by atoms with E-state index in [-0.39, 0.29) is 0 Å². The molecule has 1 aromatic rings. The van der Waals surface area contributed by atoms with Crippen LogP contribution in [0.2, 0.25) is 0 Å². The predicted octanol–water partition coefficient (Wildman–Crippen LogP) is 1.10. The number of likely N-dealkylation sites (tertiary alicyclic amines) is 1. The van der Waals surface area contributed by atoms with Crippen LogP contribution in [0.1, 0.15) is 12.0 Å². The van der Waals surface area contributed by atoms with Crippen molar-refractivity contribution in [2.24, 2.45) is 5.92 Å². The smallest absolute Gasteiger partial charge is 0.313 e. The minimum atomic E-state index is -0.633. The lowest BCUT2D eigenvalue weighted by Crippen LogP contribution is -2.40. The molecule has 1 aromatic carbocycles. The van der Waals surface area contributed by atoms with Crippen molar-refractivity contribution in [2.75, 3.05) is 39.0 Å². The van der Waals surface area contributed by atoms with Gasteiger partial charge in [0, 0.05) is 25.8 Å². The maximum absolute atomic E-state index is 12.1. The van der Waals surface area contributed by atoms with Gasteiger partial charge in [-0.3, -0.25) is 9.59 Å². The number of hydrogen-bond acceptors (Lipinski definition) is 4. The molecule has 1 saturated heterocycles. The molecule has 122 valence electrons. The summed E-state index contributed by atoms with van der Waals surface area (Å²) < 4.78 is 0. The number of nitrogens with zero attached hydrogens (tertiary/aromatic N) is 3. The van der Waals surface area contributed by atoms with Gasteiger partial charge in [0.2, 0.25) is 0 Å². The Bertz CT molecular complexity index is 606. The molecule has 0 bridgehead atoms. The maximum atomic E-state index is 12.1.